The topological polar surface area (TPSA) is 58.6 Å². The number of piperidine rings is 1. The fraction of sp³-hybridized carbons (Fsp3) is 0.333. The van der Waals surface area contributed by atoms with E-state index < -0.39 is 0 Å². The highest BCUT2D eigenvalue weighted by atomic mass is 16.5. The van der Waals surface area contributed by atoms with Gasteiger partial charge >= 0.3 is 0 Å². The van der Waals surface area contributed by atoms with Gasteiger partial charge in [-0.1, -0.05) is 6.07 Å². The first-order valence-electron chi connectivity index (χ1n) is 8.95. The Labute approximate surface area is 154 Å². The van der Waals surface area contributed by atoms with E-state index in [9.17, 15) is 9.59 Å². The zero-order valence-corrected chi connectivity index (χ0v) is 15.2. The summed E-state index contributed by atoms with van der Waals surface area (Å²) in [6, 6.07) is 14.3. The first-order chi connectivity index (χ1) is 12.6. The molecule has 5 heteroatoms. The molecule has 0 saturated carbocycles. The zero-order valence-electron chi connectivity index (χ0n) is 15.2. The third kappa shape index (κ3) is 4.04. The molecule has 3 rings (SSSR count). The van der Waals surface area contributed by atoms with E-state index >= 15 is 0 Å². The second-order valence-corrected chi connectivity index (χ2v) is 6.61. The van der Waals surface area contributed by atoms with E-state index in [2.05, 4.69) is 12.2 Å². The second-order valence-electron chi connectivity index (χ2n) is 6.61. The summed E-state index contributed by atoms with van der Waals surface area (Å²) in [6.07, 6.45) is 3.30. The van der Waals surface area contributed by atoms with Crippen LogP contribution in [0.15, 0.2) is 48.5 Å². The Bertz CT molecular complexity index is 786. The first kappa shape index (κ1) is 18.0. The molecule has 1 unspecified atom stereocenters. The summed E-state index contributed by atoms with van der Waals surface area (Å²) in [5.74, 6) is 0.477. The van der Waals surface area contributed by atoms with Crippen LogP contribution in [-0.4, -0.2) is 36.4 Å². The number of methoxy groups -OCH3 is 1. The summed E-state index contributed by atoms with van der Waals surface area (Å²) in [6.45, 7) is 2.91. The van der Waals surface area contributed by atoms with Crippen LogP contribution in [0, 0.1) is 0 Å². The molecular weight excluding hydrogens is 328 g/mol. The maximum Gasteiger partial charge on any atom is 0.255 e. The molecule has 26 heavy (non-hydrogen) atoms. The lowest BCUT2D eigenvalue weighted by Crippen LogP contribution is -2.42. The number of amides is 2. The summed E-state index contributed by atoms with van der Waals surface area (Å²) in [5.41, 5.74) is 1.82. The van der Waals surface area contributed by atoms with Crippen molar-refractivity contribution in [3.8, 4) is 5.75 Å². The van der Waals surface area contributed by atoms with Gasteiger partial charge in [0.15, 0.2) is 0 Å². The molecular formula is C21H24N2O3. The van der Waals surface area contributed by atoms with E-state index in [4.69, 9.17) is 4.74 Å². The number of nitrogens with one attached hydrogen (secondary N) is 1. The van der Waals surface area contributed by atoms with Gasteiger partial charge in [0.2, 0.25) is 0 Å². The van der Waals surface area contributed by atoms with Gasteiger partial charge in [-0.2, -0.15) is 0 Å². The smallest absolute Gasteiger partial charge is 0.255 e. The van der Waals surface area contributed by atoms with Gasteiger partial charge in [-0.3, -0.25) is 9.59 Å². The van der Waals surface area contributed by atoms with Crippen LogP contribution in [-0.2, 0) is 0 Å². The van der Waals surface area contributed by atoms with Gasteiger partial charge < -0.3 is 15.0 Å². The number of anilines is 1. The Morgan fingerprint density at radius 3 is 2.54 bits per heavy atom. The van der Waals surface area contributed by atoms with E-state index in [1.54, 1.807) is 55.6 Å². The Morgan fingerprint density at radius 1 is 1.08 bits per heavy atom. The maximum atomic E-state index is 12.7. The maximum absolute atomic E-state index is 12.7. The van der Waals surface area contributed by atoms with Gasteiger partial charge in [0, 0.05) is 29.4 Å². The third-order valence-electron chi connectivity index (χ3n) is 4.79. The SMILES string of the molecule is COc1cccc(C(=O)Nc2ccc(C(=O)N3CCCCC3C)cc2)c1. The molecule has 0 bridgehead atoms. The molecule has 5 nitrogen and oxygen atoms in total. The molecule has 0 aliphatic carbocycles. The molecule has 1 aliphatic rings. The number of benzene rings is 2. The summed E-state index contributed by atoms with van der Waals surface area (Å²) in [7, 11) is 1.57. The van der Waals surface area contributed by atoms with Crippen molar-refractivity contribution < 1.29 is 14.3 Å². The quantitative estimate of drug-likeness (QED) is 0.906. The molecule has 1 heterocycles. The fourth-order valence-electron chi connectivity index (χ4n) is 3.23. The minimum atomic E-state index is -0.215. The Balaban J connectivity index is 1.67. The summed E-state index contributed by atoms with van der Waals surface area (Å²) < 4.78 is 5.14. The van der Waals surface area contributed by atoms with Gasteiger partial charge in [0.05, 0.1) is 7.11 Å². The van der Waals surface area contributed by atoms with Crippen molar-refractivity contribution >= 4 is 17.5 Å². The van der Waals surface area contributed by atoms with Crippen molar-refractivity contribution in [3.05, 3.63) is 59.7 Å². The number of carbonyl (C=O) groups excluding carboxylic acids is 2. The normalized spacial score (nSPS) is 16.8. The van der Waals surface area contributed by atoms with Crippen LogP contribution < -0.4 is 10.1 Å². The van der Waals surface area contributed by atoms with E-state index in [1.165, 1.54) is 6.42 Å². The van der Waals surface area contributed by atoms with E-state index in [-0.39, 0.29) is 17.9 Å². The number of rotatable bonds is 4. The standard InChI is InChI=1S/C21H24N2O3/c1-15-6-3-4-13-23(15)21(25)16-9-11-18(12-10-16)22-20(24)17-7-5-8-19(14-17)26-2/h5,7-12,14-15H,3-4,6,13H2,1-2H3,(H,22,24). The molecule has 2 amide bonds. The van der Waals surface area contributed by atoms with E-state index in [0.29, 0.717) is 22.6 Å². The summed E-state index contributed by atoms with van der Waals surface area (Å²) >= 11 is 0. The largest absolute Gasteiger partial charge is 0.497 e. The Kier molecular flexibility index (Phi) is 5.56. The van der Waals surface area contributed by atoms with Crippen molar-refractivity contribution in [2.24, 2.45) is 0 Å². The van der Waals surface area contributed by atoms with Crippen molar-refractivity contribution in [2.45, 2.75) is 32.2 Å². The van der Waals surface area contributed by atoms with Crippen molar-refractivity contribution in [1.29, 1.82) is 0 Å². The van der Waals surface area contributed by atoms with Crippen molar-refractivity contribution in [3.63, 3.8) is 0 Å². The van der Waals surface area contributed by atoms with Crippen LogP contribution in [0.4, 0.5) is 5.69 Å². The third-order valence-corrected chi connectivity index (χ3v) is 4.79. The number of ether oxygens (including phenoxy) is 1. The predicted molar refractivity (Wildman–Crippen MR) is 102 cm³/mol. The molecule has 1 atom stereocenters. The number of nitrogens with zero attached hydrogens (tertiary/aromatic N) is 1. The van der Waals surface area contributed by atoms with Gasteiger partial charge in [-0.15, -0.1) is 0 Å². The molecule has 1 N–H and O–H groups in total. The van der Waals surface area contributed by atoms with Crippen LogP contribution >= 0.6 is 0 Å². The molecule has 0 aromatic heterocycles. The number of hydrogen-bond donors (Lipinski definition) is 1. The van der Waals surface area contributed by atoms with Crippen LogP contribution in [0.1, 0.15) is 46.9 Å². The van der Waals surface area contributed by atoms with Gasteiger partial charge in [0.1, 0.15) is 5.75 Å². The molecule has 1 aliphatic heterocycles. The lowest BCUT2D eigenvalue weighted by molar-refractivity contribution is 0.0635. The monoisotopic (exact) mass is 352 g/mol. The highest BCUT2D eigenvalue weighted by Gasteiger charge is 2.24. The second kappa shape index (κ2) is 8.04. The highest BCUT2D eigenvalue weighted by molar-refractivity contribution is 6.04. The fourth-order valence-corrected chi connectivity index (χ4v) is 3.23. The van der Waals surface area contributed by atoms with Gasteiger partial charge in [-0.05, 0) is 68.7 Å². The molecule has 2 aromatic rings. The van der Waals surface area contributed by atoms with E-state index in [1.807, 2.05) is 4.90 Å². The Hall–Kier alpha value is -2.82. The van der Waals surface area contributed by atoms with Crippen LogP contribution in [0.3, 0.4) is 0 Å². The molecule has 0 spiro atoms. The lowest BCUT2D eigenvalue weighted by atomic mass is 10.0. The molecule has 1 fully saturated rings. The highest BCUT2D eigenvalue weighted by Crippen LogP contribution is 2.20. The summed E-state index contributed by atoms with van der Waals surface area (Å²) in [5, 5.41) is 2.84. The van der Waals surface area contributed by atoms with E-state index in [0.717, 1.165) is 19.4 Å². The van der Waals surface area contributed by atoms with Gasteiger partial charge in [-0.25, -0.2) is 0 Å². The minimum Gasteiger partial charge on any atom is -0.497 e. The van der Waals surface area contributed by atoms with Gasteiger partial charge in [0.25, 0.3) is 11.8 Å². The Morgan fingerprint density at radius 2 is 1.85 bits per heavy atom. The number of likely N-dealkylation sites (tertiary alicyclic amines) is 1. The first-order valence-corrected chi connectivity index (χ1v) is 8.95. The van der Waals surface area contributed by atoms with Crippen LogP contribution in [0.5, 0.6) is 5.75 Å². The van der Waals surface area contributed by atoms with Crippen molar-refractivity contribution in [2.75, 3.05) is 19.0 Å². The molecule has 136 valence electrons. The average Bonchev–Trinajstić information content (AvgIpc) is 2.68. The molecule has 1 saturated heterocycles. The molecule has 2 aromatic carbocycles. The van der Waals surface area contributed by atoms with Crippen LogP contribution in [0.2, 0.25) is 0 Å². The molecule has 0 radical (unpaired) electrons. The zero-order chi connectivity index (χ0) is 18.5. The van der Waals surface area contributed by atoms with Crippen LogP contribution in [0.25, 0.3) is 0 Å². The minimum absolute atomic E-state index is 0.0582. The number of hydrogen-bond acceptors (Lipinski definition) is 3. The summed E-state index contributed by atoms with van der Waals surface area (Å²) in [4.78, 5) is 26.9. The lowest BCUT2D eigenvalue weighted by Gasteiger charge is -2.33. The average molecular weight is 352 g/mol. The van der Waals surface area contributed by atoms with Crippen molar-refractivity contribution in [1.82, 2.24) is 4.90 Å². The predicted octanol–water partition coefficient (Wildman–Crippen LogP) is 3.96. The number of carbonyl (C=O) groups is 2.